The van der Waals surface area contributed by atoms with Gasteiger partial charge in [-0.25, -0.2) is 9.78 Å². The van der Waals surface area contributed by atoms with Crippen molar-refractivity contribution in [3.63, 3.8) is 0 Å². The molecule has 0 spiro atoms. The summed E-state index contributed by atoms with van der Waals surface area (Å²) < 4.78 is 6.25. The normalized spacial score (nSPS) is 13.0. The molecule has 0 unspecified atom stereocenters. The van der Waals surface area contributed by atoms with Gasteiger partial charge in [0.25, 0.3) is 0 Å². The van der Waals surface area contributed by atoms with E-state index < -0.39 is 5.97 Å². The molecule has 5 heteroatoms. The number of aromatic nitrogens is 1. The Bertz CT molecular complexity index is 898. The van der Waals surface area contributed by atoms with Gasteiger partial charge < -0.3 is 9.52 Å². The standard InChI is InChI=1S/C16H10BrNO3/c17-11-3-1-2-9-13(16(19)20)10-4-5-12-8(6-7-21-12)14(10)18-15(9)11/h1-3,6-7H,4-5H2,(H,19,20). The van der Waals surface area contributed by atoms with Crippen molar-refractivity contribution in [3.8, 4) is 11.3 Å². The highest BCUT2D eigenvalue weighted by atomic mass is 79.9. The van der Waals surface area contributed by atoms with Crippen molar-refractivity contribution in [1.82, 2.24) is 4.98 Å². The number of para-hydroxylation sites is 1. The van der Waals surface area contributed by atoms with Crippen molar-refractivity contribution in [2.75, 3.05) is 0 Å². The molecule has 4 rings (SSSR count). The summed E-state index contributed by atoms with van der Waals surface area (Å²) in [6.45, 7) is 0. The molecule has 1 aliphatic rings. The zero-order valence-corrected chi connectivity index (χ0v) is 12.5. The number of fused-ring (bicyclic) bond motifs is 4. The van der Waals surface area contributed by atoms with E-state index in [9.17, 15) is 9.90 Å². The Hall–Kier alpha value is -2.14. The van der Waals surface area contributed by atoms with Crippen LogP contribution in [0.2, 0.25) is 0 Å². The average Bonchev–Trinajstić information content (AvgIpc) is 2.94. The second-order valence-corrected chi connectivity index (χ2v) is 5.87. The highest BCUT2D eigenvalue weighted by molar-refractivity contribution is 9.10. The number of pyridine rings is 1. The van der Waals surface area contributed by atoms with Crippen LogP contribution < -0.4 is 0 Å². The molecule has 2 aromatic heterocycles. The third-order valence-electron chi connectivity index (χ3n) is 3.88. The van der Waals surface area contributed by atoms with Gasteiger partial charge >= 0.3 is 5.97 Å². The van der Waals surface area contributed by atoms with Crippen LogP contribution in [0.4, 0.5) is 0 Å². The van der Waals surface area contributed by atoms with Gasteiger partial charge in [0.05, 0.1) is 23.0 Å². The molecule has 4 nitrogen and oxygen atoms in total. The molecular weight excluding hydrogens is 334 g/mol. The van der Waals surface area contributed by atoms with Crippen molar-refractivity contribution in [1.29, 1.82) is 0 Å². The Morgan fingerprint density at radius 1 is 1.29 bits per heavy atom. The minimum Gasteiger partial charge on any atom is -0.478 e. The lowest BCUT2D eigenvalue weighted by Crippen LogP contribution is -2.12. The first-order valence-electron chi connectivity index (χ1n) is 6.58. The summed E-state index contributed by atoms with van der Waals surface area (Å²) in [6.07, 6.45) is 2.97. The summed E-state index contributed by atoms with van der Waals surface area (Å²) in [5.74, 6) is -0.0403. The molecule has 0 radical (unpaired) electrons. The number of hydrogen-bond donors (Lipinski definition) is 1. The van der Waals surface area contributed by atoms with Crippen molar-refractivity contribution in [3.05, 3.63) is 51.9 Å². The molecular formula is C16H10BrNO3. The second-order valence-electron chi connectivity index (χ2n) is 5.01. The predicted molar refractivity (Wildman–Crippen MR) is 81.5 cm³/mol. The van der Waals surface area contributed by atoms with Crippen LogP contribution >= 0.6 is 15.9 Å². The first kappa shape index (κ1) is 12.6. The zero-order chi connectivity index (χ0) is 14.6. The third-order valence-corrected chi connectivity index (χ3v) is 4.52. The third kappa shape index (κ3) is 1.74. The van der Waals surface area contributed by atoms with Gasteiger partial charge in [-0.2, -0.15) is 0 Å². The minimum atomic E-state index is -0.913. The number of benzene rings is 1. The summed E-state index contributed by atoms with van der Waals surface area (Å²) in [5, 5.41) is 10.3. The van der Waals surface area contributed by atoms with Gasteiger partial charge in [0.1, 0.15) is 5.76 Å². The minimum absolute atomic E-state index is 0.350. The summed E-state index contributed by atoms with van der Waals surface area (Å²) in [4.78, 5) is 16.5. The highest BCUT2D eigenvalue weighted by Crippen LogP contribution is 2.38. The van der Waals surface area contributed by atoms with E-state index in [1.165, 1.54) is 0 Å². The smallest absolute Gasteiger partial charge is 0.336 e. The topological polar surface area (TPSA) is 63.3 Å². The van der Waals surface area contributed by atoms with E-state index in [-0.39, 0.29) is 0 Å². The number of carbonyl (C=O) groups is 1. The number of aryl methyl sites for hydroxylation is 1. The van der Waals surface area contributed by atoms with Crippen molar-refractivity contribution < 1.29 is 14.3 Å². The maximum Gasteiger partial charge on any atom is 0.336 e. The van der Waals surface area contributed by atoms with E-state index in [2.05, 4.69) is 15.9 Å². The van der Waals surface area contributed by atoms with E-state index in [0.29, 0.717) is 29.3 Å². The molecule has 1 aliphatic carbocycles. The second kappa shape index (κ2) is 4.43. The van der Waals surface area contributed by atoms with Gasteiger partial charge in [-0.05, 0) is 40.0 Å². The van der Waals surface area contributed by atoms with Crippen LogP contribution in [-0.2, 0) is 12.8 Å². The Morgan fingerprint density at radius 3 is 2.95 bits per heavy atom. The Labute approximate surface area is 128 Å². The zero-order valence-electron chi connectivity index (χ0n) is 10.9. The molecule has 0 atom stereocenters. The number of hydrogen-bond acceptors (Lipinski definition) is 3. The molecule has 0 bridgehead atoms. The Balaban J connectivity index is 2.19. The number of furan rings is 1. The van der Waals surface area contributed by atoms with Crippen LogP contribution in [0.15, 0.2) is 39.4 Å². The molecule has 0 saturated carbocycles. The van der Waals surface area contributed by atoms with Crippen LogP contribution in [0, 0.1) is 0 Å². The van der Waals surface area contributed by atoms with E-state index in [1.54, 1.807) is 6.26 Å². The van der Waals surface area contributed by atoms with Gasteiger partial charge in [0.2, 0.25) is 0 Å². The average molecular weight is 344 g/mol. The summed E-state index contributed by atoms with van der Waals surface area (Å²) in [5.41, 5.74) is 3.44. The molecule has 1 N–H and O–H groups in total. The van der Waals surface area contributed by atoms with E-state index >= 15 is 0 Å². The predicted octanol–water partition coefficient (Wildman–Crippen LogP) is 4.05. The van der Waals surface area contributed by atoms with Crippen LogP contribution in [0.1, 0.15) is 21.7 Å². The number of carboxylic acids is 1. The maximum atomic E-state index is 11.8. The summed E-state index contributed by atoms with van der Waals surface area (Å²) in [6, 6.07) is 7.36. The van der Waals surface area contributed by atoms with E-state index in [4.69, 9.17) is 9.40 Å². The maximum absolute atomic E-state index is 11.8. The monoisotopic (exact) mass is 343 g/mol. The quantitative estimate of drug-likeness (QED) is 0.723. The number of halogens is 1. The van der Waals surface area contributed by atoms with Crippen LogP contribution in [0.3, 0.4) is 0 Å². The van der Waals surface area contributed by atoms with E-state index in [1.807, 2.05) is 24.3 Å². The first-order chi connectivity index (χ1) is 10.2. The Kier molecular flexibility index (Phi) is 2.65. The fraction of sp³-hybridized carbons (Fsp3) is 0.125. The Morgan fingerprint density at radius 2 is 2.14 bits per heavy atom. The molecule has 0 amide bonds. The van der Waals surface area contributed by atoms with Crippen LogP contribution in [0.5, 0.6) is 0 Å². The number of rotatable bonds is 1. The molecule has 0 fully saturated rings. The lowest BCUT2D eigenvalue weighted by Gasteiger charge is -2.19. The molecule has 1 aromatic carbocycles. The summed E-state index contributed by atoms with van der Waals surface area (Å²) in [7, 11) is 0. The highest BCUT2D eigenvalue weighted by Gasteiger charge is 2.27. The molecule has 21 heavy (non-hydrogen) atoms. The fourth-order valence-corrected chi connectivity index (χ4v) is 3.44. The molecule has 2 heterocycles. The van der Waals surface area contributed by atoms with Gasteiger partial charge in [-0.15, -0.1) is 0 Å². The van der Waals surface area contributed by atoms with Crippen molar-refractivity contribution >= 4 is 32.8 Å². The fourth-order valence-electron chi connectivity index (χ4n) is 2.99. The van der Waals surface area contributed by atoms with Crippen molar-refractivity contribution in [2.24, 2.45) is 0 Å². The summed E-state index contributed by atoms with van der Waals surface area (Å²) >= 11 is 3.46. The lowest BCUT2D eigenvalue weighted by molar-refractivity contribution is 0.0697. The van der Waals surface area contributed by atoms with Gasteiger partial charge in [-0.3, -0.25) is 0 Å². The van der Waals surface area contributed by atoms with Crippen molar-refractivity contribution in [2.45, 2.75) is 12.8 Å². The van der Waals surface area contributed by atoms with Gasteiger partial charge in [0, 0.05) is 21.8 Å². The SMILES string of the molecule is O=C(O)c1c2c(nc3c(Br)cccc13)-c1ccoc1CC2. The van der Waals surface area contributed by atoms with Crippen LogP contribution in [-0.4, -0.2) is 16.1 Å². The molecule has 0 aliphatic heterocycles. The number of carboxylic acid groups (broad SMARTS) is 1. The number of nitrogens with zero attached hydrogens (tertiary/aromatic N) is 1. The number of aromatic carboxylic acids is 1. The van der Waals surface area contributed by atoms with Gasteiger partial charge in [-0.1, -0.05) is 12.1 Å². The van der Waals surface area contributed by atoms with Crippen LogP contribution in [0.25, 0.3) is 22.2 Å². The largest absolute Gasteiger partial charge is 0.478 e. The lowest BCUT2D eigenvalue weighted by atomic mass is 9.89. The molecule has 104 valence electrons. The molecule has 0 saturated heterocycles. The van der Waals surface area contributed by atoms with E-state index in [0.717, 1.165) is 27.1 Å². The first-order valence-corrected chi connectivity index (χ1v) is 7.37. The molecule has 3 aromatic rings. The van der Waals surface area contributed by atoms with Gasteiger partial charge in [0.15, 0.2) is 0 Å².